The van der Waals surface area contributed by atoms with E-state index in [2.05, 4.69) is 4.98 Å². The minimum atomic E-state index is -1.16. The Morgan fingerprint density at radius 1 is 1.40 bits per heavy atom. The van der Waals surface area contributed by atoms with Gasteiger partial charge >= 0.3 is 0 Å². The van der Waals surface area contributed by atoms with E-state index in [1.54, 1.807) is 0 Å². The number of rotatable bonds is 0. The fourth-order valence-electron chi connectivity index (χ4n) is 0.432. The lowest BCUT2D eigenvalue weighted by molar-refractivity contribution is 0.482. The number of halogens is 3. The summed E-state index contributed by atoms with van der Waals surface area (Å²) in [4.78, 5) is 3.02. The topological polar surface area (TPSA) is 38.9 Å². The van der Waals surface area contributed by atoms with Crippen LogP contribution >= 0.6 is 12.4 Å². The second-order valence-corrected chi connectivity index (χ2v) is 1.50. The quantitative estimate of drug-likeness (QED) is 0.591. The summed E-state index contributed by atoms with van der Waals surface area (Å²) in [6.45, 7) is 0. The molecule has 0 saturated carbocycles. The summed E-state index contributed by atoms with van der Waals surface area (Å²) in [7, 11) is 0. The smallest absolute Gasteiger partial charge is 0.251 e. The second kappa shape index (κ2) is 3.31. The van der Waals surface area contributed by atoms with Crippen molar-refractivity contribution in [2.75, 3.05) is 5.73 Å². The molecule has 0 unspecified atom stereocenters. The van der Waals surface area contributed by atoms with Crippen LogP contribution < -0.4 is 5.73 Å². The molecule has 1 rings (SSSR count). The average molecular weight is 167 g/mol. The maximum Gasteiger partial charge on any atom is 0.251 e. The fourth-order valence-corrected chi connectivity index (χ4v) is 0.432. The van der Waals surface area contributed by atoms with Crippen LogP contribution in [0.25, 0.3) is 0 Å². The lowest BCUT2D eigenvalue weighted by Gasteiger charge is -1.92. The van der Waals surface area contributed by atoms with Gasteiger partial charge in [-0.25, -0.2) is 4.98 Å². The number of anilines is 1. The van der Waals surface area contributed by atoms with Gasteiger partial charge < -0.3 is 5.73 Å². The molecule has 0 aromatic carbocycles. The highest BCUT2D eigenvalue weighted by atomic mass is 35.5. The molecule has 0 amide bonds. The zero-order valence-corrected chi connectivity index (χ0v) is 5.66. The summed E-state index contributed by atoms with van der Waals surface area (Å²) in [6.07, 6.45) is 1.10. The minimum absolute atomic E-state index is 0. The molecule has 0 aliphatic rings. The SMILES string of the molecule is Cl.Nc1ccnc(F)c1F. The molecular weight excluding hydrogens is 162 g/mol. The molecule has 2 N–H and O–H groups in total. The maximum atomic E-state index is 12.2. The van der Waals surface area contributed by atoms with Gasteiger partial charge in [-0.05, 0) is 6.07 Å². The Morgan fingerprint density at radius 2 is 2.00 bits per heavy atom. The summed E-state index contributed by atoms with van der Waals surface area (Å²) in [5.41, 5.74) is 4.75. The van der Waals surface area contributed by atoms with Crippen molar-refractivity contribution in [3.05, 3.63) is 24.0 Å². The number of nitrogens with two attached hydrogens (primary N) is 1. The summed E-state index contributed by atoms with van der Waals surface area (Å²) in [5, 5.41) is 0. The van der Waals surface area contributed by atoms with Crippen LogP contribution in [0, 0.1) is 11.8 Å². The molecule has 10 heavy (non-hydrogen) atoms. The normalized spacial score (nSPS) is 8.60. The first-order valence-corrected chi connectivity index (χ1v) is 2.27. The van der Waals surface area contributed by atoms with Crippen molar-refractivity contribution in [1.82, 2.24) is 4.98 Å². The number of nitrogens with zero attached hydrogens (tertiary/aromatic N) is 1. The van der Waals surface area contributed by atoms with Crippen molar-refractivity contribution < 1.29 is 8.78 Å². The van der Waals surface area contributed by atoms with Crippen molar-refractivity contribution in [3.63, 3.8) is 0 Å². The maximum absolute atomic E-state index is 12.2. The second-order valence-electron chi connectivity index (χ2n) is 1.50. The van der Waals surface area contributed by atoms with Crippen molar-refractivity contribution >= 4 is 18.1 Å². The molecule has 5 heteroatoms. The number of hydrogen-bond donors (Lipinski definition) is 1. The third-order valence-corrected chi connectivity index (χ3v) is 0.877. The molecule has 56 valence electrons. The molecule has 0 saturated heterocycles. The van der Waals surface area contributed by atoms with Crippen molar-refractivity contribution in [3.8, 4) is 0 Å². The zero-order valence-electron chi connectivity index (χ0n) is 4.84. The highest BCUT2D eigenvalue weighted by molar-refractivity contribution is 5.85. The molecule has 0 aliphatic carbocycles. The van der Waals surface area contributed by atoms with E-state index in [4.69, 9.17) is 5.73 Å². The summed E-state index contributed by atoms with van der Waals surface area (Å²) in [5.74, 6) is -2.24. The van der Waals surface area contributed by atoms with Gasteiger partial charge in [-0.1, -0.05) is 0 Å². The number of pyridine rings is 1. The van der Waals surface area contributed by atoms with Crippen LogP contribution in [-0.2, 0) is 0 Å². The van der Waals surface area contributed by atoms with Crippen LogP contribution in [0.1, 0.15) is 0 Å². The molecule has 2 nitrogen and oxygen atoms in total. The van der Waals surface area contributed by atoms with E-state index in [0.29, 0.717) is 0 Å². The number of nitrogen functional groups attached to an aromatic ring is 1. The van der Waals surface area contributed by atoms with E-state index < -0.39 is 11.8 Å². The predicted molar refractivity (Wildman–Crippen MR) is 35.8 cm³/mol. The third kappa shape index (κ3) is 1.54. The van der Waals surface area contributed by atoms with E-state index >= 15 is 0 Å². The fraction of sp³-hybridized carbons (Fsp3) is 0. The Balaban J connectivity index is 0.000000810. The third-order valence-electron chi connectivity index (χ3n) is 0.877. The standard InChI is InChI=1S/C5H4F2N2.ClH/c6-4-3(8)1-2-9-5(4)7;/h1-2H,(H2,8,9);1H. The predicted octanol–water partition coefficient (Wildman–Crippen LogP) is 1.36. The highest BCUT2D eigenvalue weighted by Crippen LogP contribution is 2.08. The van der Waals surface area contributed by atoms with Crippen LogP contribution in [0.5, 0.6) is 0 Å². The van der Waals surface area contributed by atoms with Crippen LogP contribution in [0.4, 0.5) is 14.5 Å². The Morgan fingerprint density at radius 3 is 2.40 bits per heavy atom. The first kappa shape index (κ1) is 9.10. The summed E-state index contributed by atoms with van der Waals surface area (Å²) >= 11 is 0. The molecule has 0 spiro atoms. The van der Waals surface area contributed by atoms with Crippen LogP contribution in [0.15, 0.2) is 12.3 Å². The van der Waals surface area contributed by atoms with Crippen molar-refractivity contribution in [1.29, 1.82) is 0 Å². The molecule has 0 radical (unpaired) electrons. The van der Waals surface area contributed by atoms with Crippen molar-refractivity contribution in [2.45, 2.75) is 0 Å². The van der Waals surface area contributed by atoms with E-state index in [1.165, 1.54) is 6.07 Å². The first-order valence-electron chi connectivity index (χ1n) is 2.27. The molecule has 0 aliphatic heterocycles. The van der Waals surface area contributed by atoms with Gasteiger partial charge in [-0.2, -0.15) is 8.78 Å². The van der Waals surface area contributed by atoms with E-state index in [9.17, 15) is 8.78 Å². The Labute approximate surface area is 62.5 Å². The molecule has 1 aromatic rings. The van der Waals surface area contributed by atoms with Crippen LogP contribution in [-0.4, -0.2) is 4.98 Å². The summed E-state index contributed by atoms with van der Waals surface area (Å²) < 4.78 is 24.2. The van der Waals surface area contributed by atoms with Gasteiger partial charge in [0.25, 0.3) is 5.95 Å². The lowest BCUT2D eigenvalue weighted by atomic mass is 10.4. The van der Waals surface area contributed by atoms with Gasteiger partial charge in [0, 0.05) is 6.20 Å². The van der Waals surface area contributed by atoms with Gasteiger partial charge in [0.15, 0.2) is 0 Å². The number of hydrogen-bond acceptors (Lipinski definition) is 2. The summed E-state index contributed by atoms with van der Waals surface area (Å²) in [6, 6.07) is 1.19. The largest absolute Gasteiger partial charge is 0.396 e. The van der Waals surface area contributed by atoms with E-state index in [0.717, 1.165) is 6.20 Å². The van der Waals surface area contributed by atoms with Crippen molar-refractivity contribution in [2.24, 2.45) is 0 Å². The Kier molecular flexibility index (Phi) is 3.02. The van der Waals surface area contributed by atoms with Crippen LogP contribution in [0.3, 0.4) is 0 Å². The molecule has 0 bridgehead atoms. The Bertz CT molecular complexity index is 209. The first-order chi connectivity index (χ1) is 4.22. The van der Waals surface area contributed by atoms with Gasteiger partial charge in [-0.15, -0.1) is 12.4 Å². The van der Waals surface area contributed by atoms with E-state index in [-0.39, 0.29) is 18.1 Å². The van der Waals surface area contributed by atoms with Gasteiger partial charge in [0.1, 0.15) is 0 Å². The minimum Gasteiger partial charge on any atom is -0.396 e. The molecule has 0 fully saturated rings. The molecule has 1 aromatic heterocycles. The van der Waals surface area contributed by atoms with E-state index in [1.807, 2.05) is 0 Å². The van der Waals surface area contributed by atoms with Gasteiger partial charge in [0.2, 0.25) is 5.82 Å². The Hall–Kier alpha value is -0.900. The lowest BCUT2D eigenvalue weighted by Crippen LogP contribution is -1.95. The monoisotopic (exact) mass is 166 g/mol. The molecular formula is C5H5ClF2N2. The average Bonchev–Trinajstić information content (AvgIpc) is 1.83. The number of aromatic nitrogens is 1. The van der Waals surface area contributed by atoms with Crippen LogP contribution in [0.2, 0.25) is 0 Å². The highest BCUT2D eigenvalue weighted by Gasteiger charge is 2.03. The van der Waals surface area contributed by atoms with Gasteiger partial charge in [0.05, 0.1) is 5.69 Å². The molecule has 0 atom stereocenters. The zero-order chi connectivity index (χ0) is 6.85. The van der Waals surface area contributed by atoms with Gasteiger partial charge in [-0.3, -0.25) is 0 Å². The molecule has 1 heterocycles.